The van der Waals surface area contributed by atoms with Crippen molar-refractivity contribution < 1.29 is 4.74 Å². The molecule has 1 aliphatic rings. The fraction of sp³-hybridized carbons (Fsp3) is 0.667. The molecule has 1 fully saturated rings. The van der Waals surface area contributed by atoms with Crippen molar-refractivity contribution in [3.05, 3.63) is 9.88 Å². The maximum absolute atomic E-state index is 5.70. The van der Waals surface area contributed by atoms with Gasteiger partial charge in [-0.1, -0.05) is 0 Å². The second-order valence-corrected chi connectivity index (χ2v) is 4.72. The molecule has 0 spiro atoms. The summed E-state index contributed by atoms with van der Waals surface area (Å²) in [4.78, 5) is 5.41. The van der Waals surface area contributed by atoms with Crippen LogP contribution in [0.25, 0.3) is 0 Å². The minimum atomic E-state index is 0.181. The first-order valence-corrected chi connectivity index (χ1v) is 5.29. The largest absolute Gasteiger partial charge is 0.383 e. The first-order chi connectivity index (χ1) is 6.22. The van der Waals surface area contributed by atoms with Crippen LogP contribution >= 0.6 is 11.3 Å². The molecule has 1 aromatic rings. The number of nitrogen functional groups attached to an aromatic ring is 1. The summed E-state index contributed by atoms with van der Waals surface area (Å²) in [6.45, 7) is 2.00. The average Bonchev–Trinajstić information content (AvgIpc) is 2.84. The normalized spacial score (nSPS) is 18.9. The molecule has 3 nitrogen and oxygen atoms in total. The minimum Gasteiger partial charge on any atom is -0.383 e. The third-order valence-corrected chi connectivity index (χ3v) is 3.44. The third kappa shape index (κ3) is 1.69. The van der Waals surface area contributed by atoms with E-state index in [-0.39, 0.29) is 6.10 Å². The molecule has 1 aromatic heterocycles. The molecule has 1 heterocycles. The van der Waals surface area contributed by atoms with E-state index in [0.29, 0.717) is 11.7 Å². The minimum absolute atomic E-state index is 0.181. The predicted octanol–water partition coefficient (Wildman–Crippen LogP) is 2.13. The van der Waals surface area contributed by atoms with E-state index < -0.39 is 0 Å². The summed E-state index contributed by atoms with van der Waals surface area (Å²) in [7, 11) is 1.75. The molecule has 2 N–H and O–H groups in total. The van der Waals surface area contributed by atoms with Crippen LogP contribution in [0, 0.1) is 12.8 Å². The molecule has 0 aliphatic heterocycles. The Hall–Kier alpha value is -0.610. The first-order valence-electron chi connectivity index (χ1n) is 4.48. The lowest BCUT2D eigenvalue weighted by molar-refractivity contribution is 0.0844. The van der Waals surface area contributed by atoms with Gasteiger partial charge in [-0.3, -0.25) is 0 Å². The molecule has 13 heavy (non-hydrogen) atoms. The lowest BCUT2D eigenvalue weighted by atomic mass is 10.2. The number of hydrogen-bond donors (Lipinski definition) is 1. The van der Waals surface area contributed by atoms with Gasteiger partial charge >= 0.3 is 0 Å². The van der Waals surface area contributed by atoms with Crippen LogP contribution in [0.5, 0.6) is 0 Å². The number of thiazole rings is 1. The zero-order chi connectivity index (χ0) is 9.42. The highest BCUT2D eigenvalue weighted by Crippen LogP contribution is 2.44. The molecule has 1 unspecified atom stereocenters. The molecule has 0 saturated heterocycles. The molecule has 1 atom stereocenters. The van der Waals surface area contributed by atoms with E-state index in [1.54, 1.807) is 18.4 Å². The van der Waals surface area contributed by atoms with Gasteiger partial charge in [0.15, 0.2) is 0 Å². The summed E-state index contributed by atoms with van der Waals surface area (Å²) in [6.07, 6.45) is 2.70. The SMILES string of the molecule is COC(c1nc(N)c(C)s1)C1CC1. The number of aryl methyl sites for hydroxylation is 1. The summed E-state index contributed by atoms with van der Waals surface area (Å²) >= 11 is 1.65. The van der Waals surface area contributed by atoms with Crippen LogP contribution < -0.4 is 5.73 Å². The number of nitrogens with two attached hydrogens (primary N) is 1. The molecular weight excluding hydrogens is 184 g/mol. The lowest BCUT2D eigenvalue weighted by Crippen LogP contribution is -2.03. The second-order valence-electron chi connectivity index (χ2n) is 3.49. The third-order valence-electron chi connectivity index (χ3n) is 2.40. The highest BCUT2D eigenvalue weighted by atomic mass is 32.1. The van der Waals surface area contributed by atoms with E-state index in [4.69, 9.17) is 10.5 Å². The summed E-state index contributed by atoms with van der Waals surface area (Å²) < 4.78 is 5.42. The van der Waals surface area contributed by atoms with Crippen molar-refractivity contribution in [1.29, 1.82) is 0 Å². The maximum atomic E-state index is 5.70. The van der Waals surface area contributed by atoms with Gasteiger partial charge in [-0.2, -0.15) is 0 Å². The summed E-state index contributed by atoms with van der Waals surface area (Å²) in [5.41, 5.74) is 5.70. The van der Waals surface area contributed by atoms with Gasteiger partial charge in [0, 0.05) is 12.0 Å². The monoisotopic (exact) mass is 198 g/mol. The Bertz CT molecular complexity index is 287. The number of anilines is 1. The number of methoxy groups -OCH3 is 1. The Morgan fingerprint density at radius 2 is 2.31 bits per heavy atom. The average molecular weight is 198 g/mol. The van der Waals surface area contributed by atoms with E-state index in [9.17, 15) is 0 Å². The molecule has 0 amide bonds. The fourth-order valence-corrected chi connectivity index (χ4v) is 2.46. The number of nitrogens with zero attached hydrogens (tertiary/aromatic N) is 1. The van der Waals surface area contributed by atoms with Crippen molar-refractivity contribution in [3.8, 4) is 0 Å². The Balaban J connectivity index is 2.21. The van der Waals surface area contributed by atoms with Crippen LogP contribution in [0.1, 0.15) is 28.8 Å². The van der Waals surface area contributed by atoms with Gasteiger partial charge in [-0.25, -0.2) is 4.98 Å². The standard InChI is InChI=1S/C9H14N2OS/c1-5-8(10)11-9(13-5)7(12-2)6-3-4-6/h6-7H,3-4,10H2,1-2H3. The fourth-order valence-electron chi connectivity index (χ4n) is 1.44. The summed E-state index contributed by atoms with van der Waals surface area (Å²) in [5, 5.41) is 1.04. The highest BCUT2D eigenvalue weighted by Gasteiger charge is 2.34. The molecule has 0 aromatic carbocycles. The van der Waals surface area contributed by atoms with E-state index >= 15 is 0 Å². The Kier molecular flexibility index (Phi) is 2.26. The molecular formula is C9H14N2OS. The maximum Gasteiger partial charge on any atom is 0.137 e. The molecule has 0 bridgehead atoms. The van der Waals surface area contributed by atoms with Crippen LogP contribution in [-0.4, -0.2) is 12.1 Å². The molecule has 1 aliphatic carbocycles. The molecule has 72 valence electrons. The Morgan fingerprint density at radius 3 is 2.69 bits per heavy atom. The number of hydrogen-bond acceptors (Lipinski definition) is 4. The quantitative estimate of drug-likeness (QED) is 0.809. The molecule has 4 heteroatoms. The Morgan fingerprint density at radius 1 is 1.62 bits per heavy atom. The number of ether oxygens (including phenoxy) is 1. The summed E-state index contributed by atoms with van der Waals surface area (Å²) in [6, 6.07) is 0. The van der Waals surface area contributed by atoms with Crippen molar-refractivity contribution >= 4 is 17.2 Å². The van der Waals surface area contributed by atoms with Crippen molar-refractivity contribution in [2.24, 2.45) is 5.92 Å². The van der Waals surface area contributed by atoms with E-state index in [1.807, 2.05) is 6.92 Å². The van der Waals surface area contributed by atoms with Crippen LogP contribution in [0.3, 0.4) is 0 Å². The zero-order valence-corrected chi connectivity index (χ0v) is 8.73. The van der Waals surface area contributed by atoms with Gasteiger partial charge in [0.05, 0.1) is 0 Å². The van der Waals surface area contributed by atoms with Gasteiger partial charge < -0.3 is 10.5 Å². The van der Waals surface area contributed by atoms with Crippen molar-refractivity contribution in [2.75, 3.05) is 12.8 Å². The van der Waals surface area contributed by atoms with Crippen molar-refractivity contribution in [3.63, 3.8) is 0 Å². The molecule has 2 rings (SSSR count). The van der Waals surface area contributed by atoms with Crippen LogP contribution in [0.15, 0.2) is 0 Å². The van der Waals surface area contributed by atoms with Crippen molar-refractivity contribution in [2.45, 2.75) is 25.9 Å². The highest BCUT2D eigenvalue weighted by molar-refractivity contribution is 7.12. The van der Waals surface area contributed by atoms with Gasteiger partial charge in [0.2, 0.25) is 0 Å². The van der Waals surface area contributed by atoms with E-state index in [2.05, 4.69) is 4.98 Å². The van der Waals surface area contributed by atoms with Crippen molar-refractivity contribution in [1.82, 2.24) is 4.98 Å². The molecule has 0 radical (unpaired) electrons. The zero-order valence-electron chi connectivity index (χ0n) is 7.91. The summed E-state index contributed by atoms with van der Waals surface area (Å²) in [5.74, 6) is 1.33. The smallest absolute Gasteiger partial charge is 0.137 e. The van der Waals surface area contributed by atoms with E-state index in [1.165, 1.54) is 12.8 Å². The van der Waals surface area contributed by atoms with Gasteiger partial charge in [0.25, 0.3) is 0 Å². The van der Waals surface area contributed by atoms with Gasteiger partial charge in [-0.05, 0) is 25.7 Å². The Labute approximate surface area is 81.9 Å². The van der Waals surface area contributed by atoms with Crippen LogP contribution in [0.2, 0.25) is 0 Å². The predicted molar refractivity (Wildman–Crippen MR) is 53.7 cm³/mol. The topological polar surface area (TPSA) is 48.1 Å². The van der Waals surface area contributed by atoms with E-state index in [0.717, 1.165) is 9.88 Å². The molecule has 1 saturated carbocycles. The van der Waals surface area contributed by atoms with Gasteiger partial charge in [-0.15, -0.1) is 11.3 Å². The van der Waals surface area contributed by atoms with Crippen LogP contribution in [-0.2, 0) is 4.74 Å². The second kappa shape index (κ2) is 3.27. The number of rotatable bonds is 3. The number of aromatic nitrogens is 1. The first kappa shape index (κ1) is 8.97. The lowest BCUT2D eigenvalue weighted by Gasteiger charge is -2.09. The van der Waals surface area contributed by atoms with Gasteiger partial charge in [0.1, 0.15) is 16.9 Å². The van der Waals surface area contributed by atoms with Crippen LogP contribution in [0.4, 0.5) is 5.82 Å².